The van der Waals surface area contributed by atoms with E-state index in [1.807, 2.05) is 26.6 Å². The van der Waals surface area contributed by atoms with Gasteiger partial charge in [0.1, 0.15) is 18.9 Å². The maximum absolute atomic E-state index is 16.1. The quantitative estimate of drug-likeness (QED) is 0.0980. The molecule has 0 spiro atoms. The molecule has 8 heterocycles. The first-order chi connectivity index (χ1) is 42.3. The molecule has 0 bridgehead atoms. The van der Waals surface area contributed by atoms with Crippen LogP contribution in [-0.2, 0) is 59.9 Å². The summed E-state index contributed by atoms with van der Waals surface area (Å²) in [6, 6.07) is 8.73. The van der Waals surface area contributed by atoms with Gasteiger partial charge in [-0.25, -0.2) is 13.2 Å². The topological polar surface area (TPSA) is 251 Å². The van der Waals surface area contributed by atoms with Crippen LogP contribution in [0.15, 0.2) is 48.9 Å². The van der Waals surface area contributed by atoms with E-state index in [0.717, 1.165) is 63.7 Å². The van der Waals surface area contributed by atoms with E-state index in [4.69, 9.17) is 5.10 Å². The molecule has 6 aromatic rings. The molecule has 5 fully saturated rings. The molecular weight excluding hydrogens is 1140 g/mol. The number of aromatic amines is 1. The number of esters is 1. The predicted molar refractivity (Wildman–Crippen MR) is 316 cm³/mol. The molecule has 12 rings (SSSR count). The molecule has 6 amide bonds. The standard InChI is InChI=1S/C62H76F3N15O8/c1-61-29-47-45(28-50(61)62(61,64)65)58(71-70-47)59(86)69-41-31-68-79(34-41)42-16-24-78(25-17-42)60(87)39-12-18-75(19-13-39)33-37-10-20-76(21-11-37)52(82)8-9-53(83)77-22-14-38(15-23-77)57-56-43(44-27-49-40(26-46(44)63)30-67-74(49)3)6-5-7-48(56)80(72-57)36-54(84)73(2)35-51(81)66-32-55(85)88-4/h5-7,26-27,30-31,34,37-39,42,50H,8-25,28-29,32-33,35-36H2,1-4H3,(H,66,81)(H,69,86)(H,70,71)/t50-,61+/m1/s1. The molecule has 468 valence electrons. The third-order valence-electron chi connectivity index (χ3n) is 19.9. The number of nitrogens with one attached hydrogen (secondary N) is 3. The number of carbonyl (C=O) groups is 7. The van der Waals surface area contributed by atoms with Crippen LogP contribution in [0.25, 0.3) is 32.9 Å². The molecule has 23 nitrogen and oxygen atoms in total. The minimum atomic E-state index is -2.75. The third-order valence-corrected chi connectivity index (χ3v) is 19.9. The SMILES string of the molecule is COC(=O)CNC(=O)CN(C)C(=O)Cn1nc(C2CCN(C(=O)CCC(=O)N3CCC(CN4CCC(C(=O)N5CCC(n6cc(NC(=O)c7n[nH]c8c7C[C@H]7C(F)(F)[C@@]7(C)C8)cn6)CC5)CC4)CC3)CC2)c2c(-c3cc4c(cnn4C)cc3F)cccc21. The molecule has 4 saturated heterocycles. The highest BCUT2D eigenvalue weighted by atomic mass is 19.3. The van der Waals surface area contributed by atoms with E-state index < -0.39 is 46.8 Å². The number of carbonyl (C=O) groups excluding carboxylic acids is 7. The van der Waals surface area contributed by atoms with Gasteiger partial charge in [-0.1, -0.05) is 19.1 Å². The van der Waals surface area contributed by atoms with Crippen molar-refractivity contribution < 1.29 is 51.5 Å². The van der Waals surface area contributed by atoms with Crippen molar-refractivity contribution in [3.8, 4) is 11.1 Å². The second-order valence-electron chi connectivity index (χ2n) is 25.3. The Kier molecular flexibility index (Phi) is 16.7. The van der Waals surface area contributed by atoms with Gasteiger partial charge in [0.05, 0.1) is 54.5 Å². The fourth-order valence-corrected chi connectivity index (χ4v) is 14.3. The summed E-state index contributed by atoms with van der Waals surface area (Å²) in [4.78, 5) is 101. The molecule has 2 atom stereocenters. The smallest absolute Gasteiger partial charge is 0.325 e. The average molecular weight is 1220 g/mol. The van der Waals surface area contributed by atoms with Gasteiger partial charge < -0.3 is 39.9 Å². The number of aromatic nitrogens is 8. The number of hydrogen-bond donors (Lipinski definition) is 3. The Morgan fingerprint density at radius 2 is 1.52 bits per heavy atom. The van der Waals surface area contributed by atoms with E-state index in [1.165, 1.54) is 25.1 Å². The Bertz CT molecular complexity index is 3680. The van der Waals surface area contributed by atoms with Crippen LogP contribution in [0.1, 0.15) is 111 Å². The number of rotatable bonds is 17. The third kappa shape index (κ3) is 11.9. The lowest BCUT2D eigenvalue weighted by molar-refractivity contribution is -0.141. The fraction of sp³-hybridized carbons (Fsp3) is 0.565. The number of anilines is 1. The normalized spacial score (nSPS) is 21.1. The lowest BCUT2D eigenvalue weighted by atomic mass is 9.87. The van der Waals surface area contributed by atoms with Crippen LogP contribution in [0.4, 0.5) is 18.9 Å². The van der Waals surface area contributed by atoms with E-state index in [-0.39, 0.29) is 86.6 Å². The second kappa shape index (κ2) is 24.4. The van der Waals surface area contributed by atoms with Gasteiger partial charge in [-0.05, 0) is 101 Å². The Balaban J connectivity index is 0.574. The molecule has 2 aromatic carbocycles. The largest absolute Gasteiger partial charge is 0.468 e. The van der Waals surface area contributed by atoms with Crippen molar-refractivity contribution in [2.75, 3.05) is 91.5 Å². The van der Waals surface area contributed by atoms with E-state index in [9.17, 15) is 42.3 Å². The van der Waals surface area contributed by atoms with Crippen molar-refractivity contribution in [3.05, 3.63) is 77.4 Å². The molecule has 3 N–H and O–H groups in total. The zero-order valence-electron chi connectivity index (χ0n) is 50.2. The number of aryl methyl sites for hydroxylation is 1. The van der Waals surface area contributed by atoms with Crippen molar-refractivity contribution in [2.24, 2.45) is 30.2 Å². The van der Waals surface area contributed by atoms with Gasteiger partial charge in [0.2, 0.25) is 29.5 Å². The Morgan fingerprint density at radius 3 is 2.23 bits per heavy atom. The second-order valence-corrected chi connectivity index (χ2v) is 25.3. The maximum Gasteiger partial charge on any atom is 0.325 e. The molecule has 6 aliphatic rings. The average Bonchev–Trinajstić information content (AvgIpc) is 1.51. The zero-order valence-corrected chi connectivity index (χ0v) is 50.2. The van der Waals surface area contributed by atoms with Crippen molar-refractivity contribution >= 4 is 68.9 Å². The minimum Gasteiger partial charge on any atom is -0.468 e. The maximum atomic E-state index is 16.1. The number of fused-ring (bicyclic) bond motifs is 4. The van der Waals surface area contributed by atoms with Crippen LogP contribution in [0.2, 0.25) is 0 Å². The fourth-order valence-electron chi connectivity index (χ4n) is 14.3. The Labute approximate surface area is 506 Å². The summed E-state index contributed by atoms with van der Waals surface area (Å²) < 4.78 is 54.7. The molecule has 1 saturated carbocycles. The van der Waals surface area contributed by atoms with Crippen molar-refractivity contribution in [1.29, 1.82) is 0 Å². The lowest BCUT2D eigenvalue weighted by Gasteiger charge is -2.39. The molecule has 0 unspecified atom stereocenters. The number of nitrogens with zero attached hydrogens (tertiary/aromatic N) is 12. The number of H-pyrrole nitrogens is 1. The number of halogens is 3. The number of amides is 6. The summed E-state index contributed by atoms with van der Waals surface area (Å²) in [6.45, 7) is 6.69. The minimum absolute atomic E-state index is 0.0272. The highest BCUT2D eigenvalue weighted by molar-refractivity contribution is 6.04. The molecule has 88 heavy (non-hydrogen) atoms. The van der Waals surface area contributed by atoms with Gasteiger partial charge in [-0.15, -0.1) is 0 Å². The number of likely N-dealkylation sites (tertiary alicyclic amines) is 4. The molecule has 4 aromatic heterocycles. The molecule has 2 aliphatic carbocycles. The van der Waals surface area contributed by atoms with Gasteiger partial charge in [0.25, 0.3) is 11.8 Å². The van der Waals surface area contributed by atoms with Crippen LogP contribution in [0.5, 0.6) is 0 Å². The van der Waals surface area contributed by atoms with E-state index in [2.05, 4.69) is 40.7 Å². The van der Waals surface area contributed by atoms with Crippen LogP contribution in [0, 0.1) is 29.0 Å². The Morgan fingerprint density at radius 1 is 0.830 bits per heavy atom. The summed E-state index contributed by atoms with van der Waals surface area (Å²) in [5, 5.41) is 27.5. The lowest BCUT2D eigenvalue weighted by Crippen LogP contribution is -2.47. The zero-order chi connectivity index (χ0) is 61.8. The molecule has 26 heteroatoms. The van der Waals surface area contributed by atoms with Crippen LogP contribution < -0.4 is 10.6 Å². The number of piperidine rings is 4. The first kappa shape index (κ1) is 60.1. The van der Waals surface area contributed by atoms with Gasteiger partial charge in [0.15, 0.2) is 5.69 Å². The highest BCUT2D eigenvalue weighted by Gasteiger charge is 2.78. The number of ether oxygens (including phenoxy) is 1. The van der Waals surface area contributed by atoms with Crippen molar-refractivity contribution in [3.63, 3.8) is 0 Å². The van der Waals surface area contributed by atoms with Crippen LogP contribution >= 0.6 is 0 Å². The monoisotopic (exact) mass is 1220 g/mol. The van der Waals surface area contributed by atoms with E-state index >= 15 is 4.39 Å². The van der Waals surface area contributed by atoms with Gasteiger partial charge in [0, 0.05) is 136 Å². The first-order valence-corrected chi connectivity index (χ1v) is 30.8. The summed E-state index contributed by atoms with van der Waals surface area (Å²) in [5.41, 5.74) is 3.67. The molecule has 4 aliphatic heterocycles. The Hall–Kier alpha value is -8.16. The van der Waals surface area contributed by atoms with E-state index in [1.54, 1.807) is 59.0 Å². The highest BCUT2D eigenvalue weighted by Crippen LogP contribution is 2.70. The number of likely N-dealkylation sites (N-methyl/N-ethyl adjacent to an activating group) is 1. The summed E-state index contributed by atoms with van der Waals surface area (Å²) >= 11 is 0. The first-order valence-electron chi connectivity index (χ1n) is 30.8. The van der Waals surface area contributed by atoms with Crippen LogP contribution in [0.3, 0.4) is 0 Å². The molecular formula is C62H76F3N15O8. The van der Waals surface area contributed by atoms with E-state index in [0.29, 0.717) is 108 Å². The van der Waals surface area contributed by atoms with Crippen molar-refractivity contribution in [1.82, 2.24) is 69.4 Å². The molecule has 0 radical (unpaired) electrons. The summed E-state index contributed by atoms with van der Waals surface area (Å²) in [5.74, 6) is -5.69. The summed E-state index contributed by atoms with van der Waals surface area (Å²) in [7, 11) is 4.48. The number of hydrogen-bond acceptors (Lipinski definition) is 13. The number of benzene rings is 2. The van der Waals surface area contributed by atoms with Gasteiger partial charge >= 0.3 is 5.97 Å². The van der Waals surface area contributed by atoms with Gasteiger partial charge in [-0.2, -0.15) is 20.4 Å². The summed E-state index contributed by atoms with van der Waals surface area (Å²) in [6.07, 6.45) is 11.4. The predicted octanol–water partition coefficient (Wildman–Crippen LogP) is 5.32. The van der Waals surface area contributed by atoms with Gasteiger partial charge in [-0.3, -0.25) is 52.7 Å². The van der Waals surface area contributed by atoms with Crippen molar-refractivity contribution in [2.45, 2.75) is 108 Å². The number of alkyl halides is 2. The number of methoxy groups -OCH3 is 1. The van der Waals surface area contributed by atoms with Crippen LogP contribution in [-0.4, -0.2) is 198 Å².